The summed E-state index contributed by atoms with van der Waals surface area (Å²) in [5, 5.41) is 2.56. The number of nitrogens with zero attached hydrogens (tertiary/aromatic N) is 2. The molecule has 0 aliphatic rings. The summed E-state index contributed by atoms with van der Waals surface area (Å²) in [5.74, 6) is 0.411. The second kappa shape index (κ2) is 6.69. The number of hydrogen-bond acceptors (Lipinski definition) is 4. The van der Waals surface area contributed by atoms with Crippen LogP contribution in [0.1, 0.15) is 13.8 Å². The highest BCUT2D eigenvalue weighted by atomic mass is 16.4. The molecule has 0 atom stereocenters. The predicted octanol–water partition coefficient (Wildman–Crippen LogP) is 2.58. The zero-order chi connectivity index (χ0) is 15.2. The van der Waals surface area contributed by atoms with Crippen LogP contribution < -0.4 is 10.9 Å². The van der Waals surface area contributed by atoms with Crippen molar-refractivity contribution in [3.63, 3.8) is 0 Å². The van der Waals surface area contributed by atoms with E-state index in [2.05, 4.69) is 10.3 Å². The van der Waals surface area contributed by atoms with Gasteiger partial charge in [0.25, 0.3) is 0 Å². The number of anilines is 1. The molecule has 0 aliphatic carbocycles. The molecule has 2 aromatic heterocycles. The third-order valence-electron chi connectivity index (χ3n) is 3.06. The lowest BCUT2D eigenvalue weighted by molar-refractivity contribution is 0.217. The lowest BCUT2D eigenvalue weighted by Crippen LogP contribution is -2.35. The first-order chi connectivity index (χ1) is 10.2. The van der Waals surface area contributed by atoms with Crippen molar-refractivity contribution in [3.8, 4) is 11.3 Å². The van der Waals surface area contributed by atoms with Gasteiger partial charge in [-0.3, -0.25) is 4.98 Å². The highest BCUT2D eigenvalue weighted by molar-refractivity contribution is 5.89. The summed E-state index contributed by atoms with van der Waals surface area (Å²) in [6.45, 7) is 4.89. The second-order valence-corrected chi connectivity index (χ2v) is 4.34. The average Bonchev–Trinajstić information content (AvgIpc) is 2.51. The molecule has 2 amide bonds. The topological polar surface area (TPSA) is 75.4 Å². The van der Waals surface area contributed by atoms with Crippen LogP contribution in [-0.4, -0.2) is 29.0 Å². The Morgan fingerprint density at radius 1 is 1.29 bits per heavy atom. The zero-order valence-electron chi connectivity index (χ0n) is 12.0. The first-order valence-corrected chi connectivity index (χ1v) is 6.76. The Labute approximate surface area is 122 Å². The summed E-state index contributed by atoms with van der Waals surface area (Å²) >= 11 is 0. The maximum atomic E-state index is 11.9. The van der Waals surface area contributed by atoms with Crippen LogP contribution in [0.2, 0.25) is 0 Å². The molecule has 0 aromatic carbocycles. The van der Waals surface area contributed by atoms with Gasteiger partial charge in [-0.2, -0.15) is 0 Å². The van der Waals surface area contributed by atoms with E-state index in [4.69, 9.17) is 4.42 Å². The number of pyridine rings is 1. The van der Waals surface area contributed by atoms with Crippen molar-refractivity contribution in [1.82, 2.24) is 9.88 Å². The highest BCUT2D eigenvalue weighted by Gasteiger charge is 2.13. The van der Waals surface area contributed by atoms with Gasteiger partial charge in [0.1, 0.15) is 11.4 Å². The van der Waals surface area contributed by atoms with E-state index in [0.29, 0.717) is 24.4 Å². The molecule has 0 saturated heterocycles. The third-order valence-corrected chi connectivity index (χ3v) is 3.06. The average molecular weight is 287 g/mol. The van der Waals surface area contributed by atoms with Crippen LogP contribution >= 0.6 is 0 Å². The lowest BCUT2D eigenvalue weighted by atomic mass is 10.2. The van der Waals surface area contributed by atoms with E-state index in [1.54, 1.807) is 35.5 Å². The summed E-state index contributed by atoms with van der Waals surface area (Å²) in [6.07, 6.45) is 3.24. The number of hydrogen-bond donors (Lipinski definition) is 1. The Kier molecular flexibility index (Phi) is 4.71. The molecule has 2 aromatic rings. The number of urea groups is 1. The first kappa shape index (κ1) is 14.8. The second-order valence-electron chi connectivity index (χ2n) is 4.34. The molecule has 0 unspecified atom stereocenters. The van der Waals surface area contributed by atoms with Crippen molar-refractivity contribution >= 4 is 11.7 Å². The molecule has 2 rings (SSSR count). The summed E-state index contributed by atoms with van der Waals surface area (Å²) in [4.78, 5) is 29.4. The minimum Gasteiger partial charge on any atom is -0.421 e. The number of aromatic nitrogens is 1. The fraction of sp³-hybridized carbons (Fsp3) is 0.267. The number of carbonyl (C=O) groups excluding carboxylic acids is 1. The standard InChI is InChI=1S/C15H17N3O3/c1-3-18(4-2)15(20)17-12-7-8-13(21-14(12)19)11-6-5-9-16-10-11/h5-10H,3-4H2,1-2H3,(H,17,20). The van der Waals surface area contributed by atoms with Crippen LogP contribution in [0.5, 0.6) is 0 Å². The zero-order valence-corrected chi connectivity index (χ0v) is 12.0. The summed E-state index contributed by atoms with van der Waals surface area (Å²) in [6, 6.07) is 6.40. The Balaban J connectivity index is 2.21. The molecule has 21 heavy (non-hydrogen) atoms. The van der Waals surface area contributed by atoms with Gasteiger partial charge in [0.15, 0.2) is 0 Å². The van der Waals surface area contributed by atoms with Crippen molar-refractivity contribution in [2.75, 3.05) is 18.4 Å². The van der Waals surface area contributed by atoms with Crippen LogP contribution in [0.15, 0.2) is 45.9 Å². The number of rotatable bonds is 4. The number of nitrogens with one attached hydrogen (secondary N) is 1. The van der Waals surface area contributed by atoms with Gasteiger partial charge in [0.05, 0.1) is 0 Å². The summed E-state index contributed by atoms with van der Waals surface area (Å²) in [7, 11) is 0. The monoisotopic (exact) mass is 287 g/mol. The maximum Gasteiger partial charge on any atom is 0.360 e. The summed E-state index contributed by atoms with van der Waals surface area (Å²) < 4.78 is 5.21. The van der Waals surface area contributed by atoms with E-state index in [0.717, 1.165) is 0 Å². The van der Waals surface area contributed by atoms with Gasteiger partial charge in [0, 0.05) is 31.0 Å². The molecule has 0 bridgehead atoms. The van der Waals surface area contributed by atoms with Gasteiger partial charge in [-0.25, -0.2) is 9.59 Å². The molecular formula is C15H17N3O3. The van der Waals surface area contributed by atoms with Crippen molar-refractivity contribution in [2.24, 2.45) is 0 Å². The van der Waals surface area contributed by atoms with Crippen LogP contribution in [0.25, 0.3) is 11.3 Å². The van der Waals surface area contributed by atoms with Gasteiger partial charge in [-0.15, -0.1) is 0 Å². The van der Waals surface area contributed by atoms with E-state index in [9.17, 15) is 9.59 Å². The molecule has 0 fully saturated rings. The molecule has 0 saturated carbocycles. The van der Waals surface area contributed by atoms with Crippen molar-refractivity contribution in [1.29, 1.82) is 0 Å². The normalized spacial score (nSPS) is 10.2. The van der Waals surface area contributed by atoms with Crippen molar-refractivity contribution in [3.05, 3.63) is 47.1 Å². The molecule has 110 valence electrons. The molecular weight excluding hydrogens is 270 g/mol. The Bertz CT molecular complexity index is 663. The molecule has 0 radical (unpaired) electrons. The van der Waals surface area contributed by atoms with E-state index >= 15 is 0 Å². The lowest BCUT2D eigenvalue weighted by Gasteiger charge is -2.18. The van der Waals surface area contributed by atoms with Crippen molar-refractivity contribution in [2.45, 2.75) is 13.8 Å². The molecule has 6 heteroatoms. The summed E-state index contributed by atoms with van der Waals surface area (Å²) in [5.41, 5.74) is 0.243. The minimum atomic E-state index is -0.586. The Morgan fingerprint density at radius 2 is 2.05 bits per heavy atom. The maximum absolute atomic E-state index is 11.9. The molecule has 6 nitrogen and oxygen atoms in total. The largest absolute Gasteiger partial charge is 0.421 e. The van der Waals surface area contributed by atoms with Gasteiger partial charge in [-0.1, -0.05) is 0 Å². The molecule has 1 N–H and O–H groups in total. The molecule has 2 heterocycles. The molecule has 0 aliphatic heterocycles. The molecule has 0 spiro atoms. The van der Waals surface area contributed by atoms with E-state index in [1.807, 2.05) is 13.8 Å². The quantitative estimate of drug-likeness (QED) is 0.937. The van der Waals surface area contributed by atoms with Gasteiger partial charge in [-0.05, 0) is 38.1 Å². The smallest absolute Gasteiger partial charge is 0.360 e. The van der Waals surface area contributed by atoms with Crippen LogP contribution in [-0.2, 0) is 0 Å². The first-order valence-electron chi connectivity index (χ1n) is 6.76. The van der Waals surface area contributed by atoms with Crippen molar-refractivity contribution < 1.29 is 9.21 Å². The van der Waals surface area contributed by atoms with Gasteiger partial charge >= 0.3 is 11.7 Å². The third kappa shape index (κ3) is 3.47. The van der Waals surface area contributed by atoms with Gasteiger partial charge < -0.3 is 14.6 Å². The predicted molar refractivity (Wildman–Crippen MR) is 80.1 cm³/mol. The van der Waals surface area contributed by atoms with Crippen LogP contribution in [0.4, 0.5) is 10.5 Å². The van der Waals surface area contributed by atoms with E-state index < -0.39 is 5.63 Å². The Morgan fingerprint density at radius 3 is 2.62 bits per heavy atom. The fourth-order valence-electron chi connectivity index (χ4n) is 1.88. The Hall–Kier alpha value is -2.63. The SMILES string of the molecule is CCN(CC)C(=O)Nc1ccc(-c2cccnc2)oc1=O. The van der Waals surface area contributed by atoms with Crippen LogP contribution in [0, 0.1) is 0 Å². The van der Waals surface area contributed by atoms with E-state index in [-0.39, 0.29) is 11.7 Å². The highest BCUT2D eigenvalue weighted by Crippen LogP contribution is 2.17. The van der Waals surface area contributed by atoms with Gasteiger partial charge in [0.2, 0.25) is 0 Å². The van der Waals surface area contributed by atoms with E-state index in [1.165, 1.54) is 6.07 Å². The minimum absolute atomic E-state index is 0.125. The fourth-order valence-corrected chi connectivity index (χ4v) is 1.88. The number of carbonyl (C=O) groups is 1. The van der Waals surface area contributed by atoms with Crippen LogP contribution in [0.3, 0.4) is 0 Å². The number of amides is 2.